The lowest BCUT2D eigenvalue weighted by atomic mass is 9.82. The summed E-state index contributed by atoms with van der Waals surface area (Å²) >= 11 is 6.05. The van der Waals surface area contributed by atoms with E-state index < -0.39 is 0 Å². The molecule has 0 N–H and O–H groups in total. The molecule has 2 aromatic heterocycles. The fourth-order valence-electron chi connectivity index (χ4n) is 4.51. The average molecular weight is 448 g/mol. The Morgan fingerprint density at radius 1 is 1.03 bits per heavy atom. The zero-order chi connectivity index (χ0) is 22.4. The molecule has 5 rings (SSSR count). The van der Waals surface area contributed by atoms with E-state index in [2.05, 4.69) is 4.98 Å². The highest BCUT2D eigenvalue weighted by atomic mass is 35.5. The Morgan fingerprint density at radius 3 is 2.50 bits per heavy atom. The van der Waals surface area contributed by atoms with Crippen LogP contribution in [0.5, 0.6) is 11.5 Å². The number of benzene rings is 2. The monoisotopic (exact) mass is 447 g/mol. The predicted octanol–water partition coefficient (Wildman–Crippen LogP) is 5.29. The van der Waals surface area contributed by atoms with E-state index in [9.17, 15) is 4.79 Å². The topological polar surface area (TPSA) is 65.7 Å². The molecule has 0 fully saturated rings. The van der Waals surface area contributed by atoms with Gasteiger partial charge < -0.3 is 9.47 Å². The molecule has 0 amide bonds. The summed E-state index contributed by atoms with van der Waals surface area (Å²) in [6, 6.07) is 13.5. The summed E-state index contributed by atoms with van der Waals surface area (Å²) in [5.74, 6) is 1.46. The molecule has 0 spiro atoms. The minimum Gasteiger partial charge on any atom is -0.493 e. The lowest BCUT2D eigenvalue weighted by molar-refractivity contribution is 0.0962. The van der Waals surface area contributed by atoms with Gasteiger partial charge >= 0.3 is 0 Å². The van der Waals surface area contributed by atoms with E-state index in [4.69, 9.17) is 26.2 Å². The smallest absolute Gasteiger partial charge is 0.166 e. The molecule has 4 aromatic rings. The van der Waals surface area contributed by atoms with Gasteiger partial charge in [-0.1, -0.05) is 29.8 Å². The first-order chi connectivity index (χ1) is 15.5. The van der Waals surface area contributed by atoms with Crippen LogP contribution in [0.2, 0.25) is 5.02 Å². The van der Waals surface area contributed by atoms with Gasteiger partial charge in [-0.2, -0.15) is 5.10 Å². The molecule has 0 saturated carbocycles. The summed E-state index contributed by atoms with van der Waals surface area (Å²) in [5.41, 5.74) is 6.03. The molecule has 1 aliphatic rings. The molecule has 6 nitrogen and oxygen atoms in total. The Morgan fingerprint density at radius 2 is 1.78 bits per heavy atom. The minimum atomic E-state index is 0.0758. The second-order valence-electron chi connectivity index (χ2n) is 7.96. The van der Waals surface area contributed by atoms with Gasteiger partial charge in [-0.15, -0.1) is 0 Å². The quantitative estimate of drug-likeness (QED) is 0.425. The van der Waals surface area contributed by atoms with E-state index in [1.807, 2.05) is 53.9 Å². The highest BCUT2D eigenvalue weighted by Gasteiger charge is 2.30. The van der Waals surface area contributed by atoms with E-state index >= 15 is 0 Å². The number of halogens is 1. The maximum Gasteiger partial charge on any atom is 0.166 e. The van der Waals surface area contributed by atoms with Crippen LogP contribution in [0.3, 0.4) is 0 Å². The van der Waals surface area contributed by atoms with Crippen molar-refractivity contribution in [2.45, 2.75) is 25.7 Å². The van der Waals surface area contributed by atoms with Gasteiger partial charge in [0, 0.05) is 23.2 Å². The zero-order valence-electron chi connectivity index (χ0n) is 18.1. The third-order valence-electron chi connectivity index (χ3n) is 6.10. The number of aromatic nitrogens is 3. The van der Waals surface area contributed by atoms with Gasteiger partial charge in [0.2, 0.25) is 0 Å². The summed E-state index contributed by atoms with van der Waals surface area (Å²) in [5, 5.41) is 5.47. The SMILES string of the molecule is COc1ccc(-c2c(C)nn3c4c(cnc23)C(=O)C[C@H](c2ccc(Cl)cc2)C4)cc1OC. The first-order valence-corrected chi connectivity index (χ1v) is 10.8. The Kier molecular flexibility index (Phi) is 5.10. The molecular formula is C25H22ClN3O3. The number of nitrogens with zero attached hydrogens (tertiary/aromatic N) is 3. The van der Waals surface area contributed by atoms with Gasteiger partial charge in [0.15, 0.2) is 22.9 Å². The van der Waals surface area contributed by atoms with Crippen LogP contribution >= 0.6 is 11.6 Å². The first kappa shape index (κ1) is 20.5. The number of methoxy groups -OCH3 is 2. The van der Waals surface area contributed by atoms with Crippen molar-refractivity contribution in [3.05, 3.63) is 76.2 Å². The highest BCUT2D eigenvalue weighted by molar-refractivity contribution is 6.30. The fraction of sp³-hybridized carbons (Fsp3) is 0.240. The number of aryl methyl sites for hydroxylation is 1. The van der Waals surface area contributed by atoms with Crippen LogP contribution in [0.4, 0.5) is 0 Å². The van der Waals surface area contributed by atoms with Crippen LogP contribution in [0.1, 0.15) is 39.6 Å². The molecule has 2 heterocycles. The lowest BCUT2D eigenvalue weighted by Crippen LogP contribution is -2.22. The van der Waals surface area contributed by atoms with Crippen molar-refractivity contribution >= 4 is 23.0 Å². The fourth-order valence-corrected chi connectivity index (χ4v) is 4.63. The molecule has 0 saturated heterocycles. The average Bonchev–Trinajstić information content (AvgIpc) is 3.15. The van der Waals surface area contributed by atoms with Gasteiger partial charge in [0.05, 0.1) is 31.2 Å². The molecule has 2 aromatic carbocycles. The van der Waals surface area contributed by atoms with Crippen molar-refractivity contribution in [2.75, 3.05) is 14.2 Å². The molecule has 1 aliphatic carbocycles. The van der Waals surface area contributed by atoms with Gasteiger partial charge in [-0.05, 0) is 54.7 Å². The van der Waals surface area contributed by atoms with Crippen LogP contribution in [0.25, 0.3) is 16.8 Å². The van der Waals surface area contributed by atoms with Crippen molar-refractivity contribution in [1.82, 2.24) is 14.6 Å². The Balaban J connectivity index is 1.63. The molecule has 162 valence electrons. The third-order valence-corrected chi connectivity index (χ3v) is 6.36. The number of fused-ring (bicyclic) bond motifs is 3. The zero-order valence-corrected chi connectivity index (χ0v) is 18.8. The van der Waals surface area contributed by atoms with E-state index in [0.717, 1.165) is 33.7 Å². The Hall–Kier alpha value is -3.38. The van der Waals surface area contributed by atoms with Crippen molar-refractivity contribution in [3.8, 4) is 22.6 Å². The van der Waals surface area contributed by atoms with Crippen LogP contribution in [-0.4, -0.2) is 34.6 Å². The molecule has 0 radical (unpaired) electrons. The number of rotatable bonds is 4. The number of Topliss-reactive ketones (excluding diaryl/α,β-unsaturated/α-hetero) is 1. The number of carbonyl (C=O) groups excluding carboxylic acids is 1. The van der Waals surface area contributed by atoms with Crippen LogP contribution in [0, 0.1) is 6.92 Å². The Labute approximate surface area is 190 Å². The number of ketones is 1. The summed E-state index contributed by atoms with van der Waals surface area (Å²) in [6.07, 6.45) is 2.84. The summed E-state index contributed by atoms with van der Waals surface area (Å²) in [6.45, 7) is 1.95. The van der Waals surface area contributed by atoms with E-state index in [-0.39, 0.29) is 11.7 Å². The highest BCUT2D eigenvalue weighted by Crippen LogP contribution is 2.38. The number of hydrogen-bond acceptors (Lipinski definition) is 5. The molecule has 0 unspecified atom stereocenters. The minimum absolute atomic E-state index is 0.0758. The second kappa shape index (κ2) is 7.95. The molecule has 32 heavy (non-hydrogen) atoms. The van der Waals surface area contributed by atoms with E-state index in [1.165, 1.54) is 0 Å². The van der Waals surface area contributed by atoms with Crippen molar-refractivity contribution in [3.63, 3.8) is 0 Å². The maximum atomic E-state index is 13.0. The van der Waals surface area contributed by atoms with Gasteiger partial charge in [0.1, 0.15) is 0 Å². The predicted molar refractivity (Wildman–Crippen MR) is 123 cm³/mol. The molecule has 1 atom stereocenters. The maximum absolute atomic E-state index is 13.0. The summed E-state index contributed by atoms with van der Waals surface area (Å²) in [4.78, 5) is 17.6. The summed E-state index contributed by atoms with van der Waals surface area (Å²) in [7, 11) is 3.22. The van der Waals surface area contributed by atoms with Crippen LogP contribution in [-0.2, 0) is 6.42 Å². The molecule has 0 bridgehead atoms. The van der Waals surface area contributed by atoms with Crippen LogP contribution in [0.15, 0.2) is 48.7 Å². The summed E-state index contributed by atoms with van der Waals surface area (Å²) < 4.78 is 12.7. The third kappa shape index (κ3) is 3.31. The van der Waals surface area contributed by atoms with Gasteiger partial charge in [-0.3, -0.25) is 4.79 Å². The second-order valence-corrected chi connectivity index (χ2v) is 8.40. The number of hydrogen-bond donors (Lipinski definition) is 0. The van der Waals surface area contributed by atoms with Crippen molar-refractivity contribution < 1.29 is 14.3 Å². The van der Waals surface area contributed by atoms with Gasteiger partial charge in [-0.25, -0.2) is 9.50 Å². The van der Waals surface area contributed by atoms with Gasteiger partial charge in [0.25, 0.3) is 0 Å². The van der Waals surface area contributed by atoms with E-state index in [0.29, 0.717) is 34.9 Å². The normalized spacial score (nSPS) is 15.6. The van der Waals surface area contributed by atoms with Crippen molar-refractivity contribution in [1.29, 1.82) is 0 Å². The number of ether oxygens (including phenoxy) is 2. The lowest BCUT2D eigenvalue weighted by Gasteiger charge is -2.24. The molecule has 0 aliphatic heterocycles. The van der Waals surface area contributed by atoms with E-state index in [1.54, 1.807) is 20.4 Å². The van der Waals surface area contributed by atoms with Crippen molar-refractivity contribution in [2.24, 2.45) is 0 Å². The largest absolute Gasteiger partial charge is 0.493 e. The molecular weight excluding hydrogens is 426 g/mol. The molecule has 7 heteroatoms. The Bertz CT molecular complexity index is 1350. The standard InChI is InChI=1S/C25H22ClN3O3/c1-14-24(16-6-9-22(31-2)23(12-16)32-3)25-27-13-19-20(29(25)28-14)10-17(11-21(19)30)15-4-7-18(26)8-5-15/h4-9,12-13,17H,10-11H2,1-3H3/t17-/m1/s1. The first-order valence-electron chi connectivity index (χ1n) is 10.4. The van der Waals surface area contributed by atoms with Crippen LogP contribution < -0.4 is 9.47 Å². The number of carbonyl (C=O) groups is 1.